The fourth-order valence-corrected chi connectivity index (χ4v) is 5.82. The molecule has 0 spiro atoms. The van der Waals surface area contributed by atoms with Gasteiger partial charge in [-0.1, -0.05) is 11.9 Å². The summed E-state index contributed by atoms with van der Waals surface area (Å²) in [6.45, 7) is 5.69. The normalized spacial score (nSPS) is 19.6. The van der Waals surface area contributed by atoms with Crippen LogP contribution in [0.25, 0.3) is 22.2 Å². The summed E-state index contributed by atoms with van der Waals surface area (Å²) in [5.74, 6) is -4.61. The zero-order valence-corrected chi connectivity index (χ0v) is 24.8. The van der Waals surface area contributed by atoms with E-state index < -0.39 is 58.7 Å². The molecule has 42 heavy (non-hydrogen) atoms. The third kappa shape index (κ3) is 6.80. The smallest absolute Gasteiger partial charge is 0.351 e. The van der Waals surface area contributed by atoms with Gasteiger partial charge >= 0.3 is 6.18 Å². The molecular formula is C28H34F6N6OS. The van der Waals surface area contributed by atoms with Crippen molar-refractivity contribution in [3.8, 4) is 11.1 Å². The maximum absolute atomic E-state index is 15.2. The Labute approximate surface area is 244 Å². The van der Waals surface area contributed by atoms with Crippen LogP contribution >= 0.6 is 11.9 Å². The maximum Gasteiger partial charge on any atom is 0.389 e. The number of anilines is 2. The molecular weight excluding hydrogens is 582 g/mol. The lowest BCUT2D eigenvalue weighted by atomic mass is 9.80. The molecule has 0 unspecified atom stereocenters. The zero-order chi connectivity index (χ0) is 31.0. The van der Waals surface area contributed by atoms with Crippen LogP contribution in [0.15, 0.2) is 23.1 Å². The number of aromatic nitrogens is 3. The fourth-order valence-electron chi connectivity index (χ4n) is 5.05. The van der Waals surface area contributed by atoms with Gasteiger partial charge < -0.3 is 14.9 Å². The molecule has 1 aliphatic carbocycles. The molecule has 0 amide bonds. The Morgan fingerprint density at radius 1 is 1.12 bits per heavy atom. The molecule has 0 radical (unpaired) electrons. The Balaban J connectivity index is 1.65. The predicted octanol–water partition coefficient (Wildman–Crippen LogP) is 7.14. The second-order valence-corrected chi connectivity index (χ2v) is 12.2. The Hall–Kier alpha value is -3.00. The monoisotopic (exact) mass is 616 g/mol. The number of rotatable bonds is 9. The first-order valence-corrected chi connectivity index (χ1v) is 14.6. The molecule has 1 fully saturated rings. The van der Waals surface area contributed by atoms with Crippen LogP contribution in [0.3, 0.4) is 0 Å². The highest BCUT2D eigenvalue weighted by molar-refractivity contribution is 8.00. The first kappa shape index (κ1) is 31.9. The van der Waals surface area contributed by atoms with Gasteiger partial charge in [-0.3, -0.25) is 9.36 Å². The Morgan fingerprint density at radius 3 is 2.38 bits per heavy atom. The Kier molecular flexibility index (Phi) is 9.36. The summed E-state index contributed by atoms with van der Waals surface area (Å²) in [7, 11) is 4.14. The molecule has 1 aromatic carbocycles. The van der Waals surface area contributed by atoms with Crippen LogP contribution in [0.4, 0.5) is 38.0 Å². The van der Waals surface area contributed by atoms with Gasteiger partial charge in [-0.15, -0.1) is 0 Å². The van der Waals surface area contributed by atoms with Crippen molar-refractivity contribution >= 4 is 34.6 Å². The van der Waals surface area contributed by atoms with Gasteiger partial charge in [-0.25, -0.2) is 18.2 Å². The van der Waals surface area contributed by atoms with Gasteiger partial charge in [0.1, 0.15) is 11.3 Å². The molecule has 4 rings (SSSR count). The van der Waals surface area contributed by atoms with E-state index in [2.05, 4.69) is 45.9 Å². The van der Waals surface area contributed by atoms with Crippen LogP contribution < -0.4 is 15.6 Å². The van der Waals surface area contributed by atoms with Crippen LogP contribution in [-0.4, -0.2) is 57.0 Å². The zero-order valence-electron chi connectivity index (χ0n) is 24.0. The minimum atomic E-state index is -4.45. The lowest BCUT2D eigenvalue weighted by molar-refractivity contribution is -0.129. The lowest BCUT2D eigenvalue weighted by Crippen LogP contribution is -2.46. The van der Waals surface area contributed by atoms with E-state index in [0.29, 0.717) is 29.3 Å². The second-order valence-electron chi connectivity index (χ2n) is 11.3. The van der Waals surface area contributed by atoms with E-state index in [-0.39, 0.29) is 22.8 Å². The number of fused-ring (bicyclic) bond motifs is 1. The van der Waals surface area contributed by atoms with E-state index in [1.54, 1.807) is 13.8 Å². The van der Waals surface area contributed by atoms with Gasteiger partial charge in [0.15, 0.2) is 17.5 Å². The van der Waals surface area contributed by atoms with Crippen molar-refractivity contribution in [2.24, 2.45) is 0 Å². The highest BCUT2D eigenvalue weighted by atomic mass is 32.2. The van der Waals surface area contributed by atoms with Gasteiger partial charge in [-0.2, -0.15) is 18.2 Å². The summed E-state index contributed by atoms with van der Waals surface area (Å²) in [5, 5.41) is 3.71. The first-order chi connectivity index (χ1) is 19.6. The average molecular weight is 617 g/mol. The summed E-state index contributed by atoms with van der Waals surface area (Å²) in [4.78, 5) is 24.8. The van der Waals surface area contributed by atoms with Crippen molar-refractivity contribution in [1.29, 1.82) is 0 Å². The van der Waals surface area contributed by atoms with Crippen LogP contribution in [0.2, 0.25) is 0 Å². The minimum Gasteiger partial charge on any atom is -0.351 e. The van der Waals surface area contributed by atoms with Gasteiger partial charge in [-0.05, 0) is 72.7 Å². The number of benzene rings is 1. The fraction of sp³-hybridized carbons (Fsp3) is 0.536. The number of halogens is 6. The number of nitrogens with one attached hydrogen (secondary N) is 2. The van der Waals surface area contributed by atoms with Gasteiger partial charge in [0.2, 0.25) is 5.95 Å². The van der Waals surface area contributed by atoms with E-state index in [1.165, 1.54) is 16.8 Å². The van der Waals surface area contributed by atoms with Crippen molar-refractivity contribution in [1.82, 2.24) is 19.4 Å². The molecule has 1 saturated carbocycles. The van der Waals surface area contributed by atoms with Crippen LogP contribution in [-0.2, 0) is 0 Å². The molecule has 0 atom stereocenters. The van der Waals surface area contributed by atoms with Crippen molar-refractivity contribution < 1.29 is 26.3 Å². The minimum absolute atomic E-state index is 0.116. The number of alkyl halides is 3. The number of nitrogens with zero attached hydrogens (tertiary/aromatic N) is 4. The molecule has 0 saturated heterocycles. The van der Waals surface area contributed by atoms with Crippen molar-refractivity contribution in [3.63, 3.8) is 0 Å². The first-order valence-electron chi connectivity index (χ1n) is 13.6. The van der Waals surface area contributed by atoms with E-state index in [0.717, 1.165) is 25.7 Å². The van der Waals surface area contributed by atoms with E-state index in [9.17, 15) is 26.7 Å². The topological polar surface area (TPSA) is 75.1 Å². The molecule has 2 N–H and O–H groups in total. The van der Waals surface area contributed by atoms with Crippen molar-refractivity contribution in [2.75, 3.05) is 29.9 Å². The number of hydrogen-bond acceptors (Lipinski definition) is 7. The molecule has 2 heterocycles. The quantitative estimate of drug-likeness (QED) is 0.115. The second kappa shape index (κ2) is 12.3. The predicted molar refractivity (Wildman–Crippen MR) is 154 cm³/mol. The summed E-state index contributed by atoms with van der Waals surface area (Å²) in [6.07, 6.45) is -0.373. The van der Waals surface area contributed by atoms with E-state index in [4.69, 9.17) is 0 Å². The van der Waals surface area contributed by atoms with Gasteiger partial charge in [0, 0.05) is 40.5 Å². The van der Waals surface area contributed by atoms with Crippen molar-refractivity contribution in [2.45, 2.75) is 76.7 Å². The molecule has 0 aliphatic heterocycles. The summed E-state index contributed by atoms with van der Waals surface area (Å²) < 4.78 is 85.5. The molecule has 0 bridgehead atoms. The highest BCUT2D eigenvalue weighted by Gasteiger charge is 2.33. The van der Waals surface area contributed by atoms with E-state index >= 15 is 4.39 Å². The van der Waals surface area contributed by atoms with Crippen LogP contribution in [0.1, 0.15) is 58.9 Å². The van der Waals surface area contributed by atoms with Crippen molar-refractivity contribution in [3.05, 3.63) is 46.1 Å². The Bertz CT molecular complexity index is 1500. The highest BCUT2D eigenvalue weighted by Crippen LogP contribution is 2.35. The molecule has 2 aromatic heterocycles. The number of hydrogen-bond donors (Lipinski definition) is 2. The SMILES string of the molecule is CC(C)n1c(=O)c(-c2cc(F)c(NSCCC(F)(F)F)c(F)c2F)cc2cnc(NC3CCC(C)(N(C)C)CC3)nc21. The molecule has 1 aliphatic rings. The lowest BCUT2D eigenvalue weighted by Gasteiger charge is -2.42. The maximum atomic E-state index is 15.2. The average Bonchev–Trinajstić information content (AvgIpc) is 2.90. The molecule has 3 aromatic rings. The molecule has 7 nitrogen and oxygen atoms in total. The third-order valence-electron chi connectivity index (χ3n) is 7.88. The standard InChI is InChI=1S/C28H34F6N6OS/c1-15(2)40-24-16(14-35-26(37-24)36-17-6-8-27(3,9-7-17)39(4)5)12-19(25(40)41)18-13-20(29)23(22(31)21(18)30)38-42-11-10-28(32,33)34/h12-15,17,38H,6-11H2,1-5H3,(H,35,36,37). The van der Waals surface area contributed by atoms with Gasteiger partial charge in [0.25, 0.3) is 5.56 Å². The largest absolute Gasteiger partial charge is 0.389 e. The van der Waals surface area contributed by atoms with E-state index in [1.807, 2.05) is 0 Å². The Morgan fingerprint density at radius 2 is 1.79 bits per heavy atom. The molecule has 14 heteroatoms. The number of pyridine rings is 1. The van der Waals surface area contributed by atoms with Crippen LogP contribution in [0.5, 0.6) is 0 Å². The van der Waals surface area contributed by atoms with Gasteiger partial charge in [0.05, 0.1) is 12.0 Å². The summed E-state index contributed by atoms with van der Waals surface area (Å²) >= 11 is 0.391. The summed E-state index contributed by atoms with van der Waals surface area (Å²) in [6, 6.07) is 1.64. The third-order valence-corrected chi connectivity index (χ3v) is 8.63. The summed E-state index contributed by atoms with van der Waals surface area (Å²) in [5.41, 5.74) is -2.16. The molecule has 230 valence electrons. The van der Waals surface area contributed by atoms with Crippen LogP contribution in [0, 0.1) is 17.5 Å².